The zero-order valence-electron chi connectivity index (χ0n) is 11.7. The number of aromatic nitrogens is 2. The number of carbonyl (C=O) groups is 2. The molecule has 1 heterocycles. The number of carbonyl (C=O) groups excluding carboxylic acids is 2. The van der Waals surface area contributed by atoms with Crippen LogP contribution < -0.4 is 10.6 Å². The fourth-order valence-corrected chi connectivity index (χ4v) is 1.62. The van der Waals surface area contributed by atoms with Crippen LogP contribution >= 0.6 is 0 Å². The monoisotopic (exact) mass is 268 g/mol. The Morgan fingerprint density at radius 2 is 2.00 bits per heavy atom. The topological polar surface area (TPSA) is 85.2 Å². The highest BCUT2D eigenvalue weighted by Gasteiger charge is 2.17. The molecular weight excluding hydrogens is 248 g/mol. The van der Waals surface area contributed by atoms with Gasteiger partial charge in [0.05, 0.1) is 17.1 Å². The van der Waals surface area contributed by atoms with Crippen LogP contribution in [0.3, 0.4) is 0 Å². The number of aryl methyl sites for hydroxylation is 2. The maximum Gasteiger partial charge on any atom is 0.313 e. The van der Waals surface area contributed by atoms with Gasteiger partial charge in [-0.25, -0.2) is 0 Å². The lowest BCUT2D eigenvalue weighted by molar-refractivity contribution is -0.136. The number of amides is 2. The van der Waals surface area contributed by atoms with Gasteiger partial charge in [-0.3, -0.25) is 14.3 Å². The normalized spacial score (nSPS) is 10.3. The van der Waals surface area contributed by atoms with Gasteiger partial charge in [0.2, 0.25) is 0 Å². The number of nitrogens with one attached hydrogen (secondary N) is 2. The quantitative estimate of drug-likeness (QED) is 0.587. The summed E-state index contributed by atoms with van der Waals surface area (Å²) in [5, 5.41) is 9.26. The van der Waals surface area contributed by atoms with Gasteiger partial charge in [-0.2, -0.15) is 5.10 Å². The Hall–Kier alpha value is -1.89. The molecule has 0 radical (unpaired) electrons. The summed E-state index contributed by atoms with van der Waals surface area (Å²) in [6.45, 7) is 4.55. The predicted octanol–water partition coefficient (Wildman–Crippen LogP) is 0.128. The van der Waals surface area contributed by atoms with Gasteiger partial charge in [0, 0.05) is 27.3 Å². The molecule has 1 rings (SSSR count). The molecule has 0 aromatic carbocycles. The first-order valence-electron chi connectivity index (χ1n) is 6.05. The van der Waals surface area contributed by atoms with E-state index >= 15 is 0 Å². The Morgan fingerprint density at radius 3 is 2.53 bits per heavy atom. The second-order valence-electron chi connectivity index (χ2n) is 4.23. The molecule has 0 bridgehead atoms. The lowest BCUT2D eigenvalue weighted by atomic mass is 10.3. The number of rotatable bonds is 5. The summed E-state index contributed by atoms with van der Waals surface area (Å²) in [6, 6.07) is 0. The van der Waals surface area contributed by atoms with E-state index in [4.69, 9.17) is 4.74 Å². The minimum atomic E-state index is -0.684. The van der Waals surface area contributed by atoms with Crippen LogP contribution in [0.15, 0.2) is 0 Å². The highest BCUT2D eigenvalue weighted by Crippen LogP contribution is 2.17. The van der Waals surface area contributed by atoms with E-state index in [9.17, 15) is 9.59 Å². The summed E-state index contributed by atoms with van der Waals surface area (Å²) in [5.74, 6) is -1.34. The highest BCUT2D eigenvalue weighted by atomic mass is 16.5. The minimum absolute atomic E-state index is 0.408. The molecule has 1 aromatic rings. The third kappa shape index (κ3) is 4.06. The zero-order chi connectivity index (χ0) is 14.4. The maximum atomic E-state index is 11.7. The predicted molar refractivity (Wildman–Crippen MR) is 70.8 cm³/mol. The van der Waals surface area contributed by atoms with Crippen molar-refractivity contribution in [2.24, 2.45) is 7.05 Å². The average molecular weight is 268 g/mol. The van der Waals surface area contributed by atoms with E-state index in [1.807, 2.05) is 6.92 Å². The summed E-state index contributed by atoms with van der Waals surface area (Å²) in [5.41, 5.74) is 2.07. The summed E-state index contributed by atoms with van der Waals surface area (Å²) in [4.78, 5) is 23.2. The Kier molecular flexibility index (Phi) is 5.50. The molecule has 2 amide bonds. The van der Waals surface area contributed by atoms with Gasteiger partial charge in [-0.1, -0.05) is 0 Å². The van der Waals surface area contributed by atoms with Crippen LogP contribution in [0.4, 0.5) is 5.69 Å². The van der Waals surface area contributed by atoms with Gasteiger partial charge < -0.3 is 15.4 Å². The third-order valence-corrected chi connectivity index (χ3v) is 2.76. The molecule has 0 aliphatic carbocycles. The second kappa shape index (κ2) is 6.89. The fraction of sp³-hybridized carbons (Fsp3) is 0.583. The van der Waals surface area contributed by atoms with Gasteiger partial charge in [0.15, 0.2) is 0 Å². The van der Waals surface area contributed by atoms with E-state index in [1.165, 1.54) is 0 Å². The van der Waals surface area contributed by atoms with E-state index in [0.717, 1.165) is 5.69 Å². The van der Waals surface area contributed by atoms with Crippen molar-refractivity contribution >= 4 is 17.5 Å². The van der Waals surface area contributed by atoms with Crippen molar-refractivity contribution in [1.82, 2.24) is 15.1 Å². The van der Waals surface area contributed by atoms with Crippen molar-refractivity contribution in [1.29, 1.82) is 0 Å². The lowest BCUT2D eigenvalue weighted by Crippen LogP contribution is -2.36. The first-order chi connectivity index (χ1) is 8.97. The summed E-state index contributed by atoms with van der Waals surface area (Å²) in [7, 11) is 3.37. The molecule has 0 saturated carbocycles. The van der Waals surface area contributed by atoms with Crippen LogP contribution in [0.5, 0.6) is 0 Å². The van der Waals surface area contributed by atoms with E-state index in [-0.39, 0.29) is 0 Å². The minimum Gasteiger partial charge on any atom is -0.385 e. The summed E-state index contributed by atoms with van der Waals surface area (Å²) >= 11 is 0. The Labute approximate surface area is 112 Å². The molecule has 19 heavy (non-hydrogen) atoms. The Morgan fingerprint density at radius 1 is 1.32 bits per heavy atom. The number of anilines is 1. The Balaban J connectivity index is 2.52. The van der Waals surface area contributed by atoms with Crippen LogP contribution in [0.2, 0.25) is 0 Å². The third-order valence-electron chi connectivity index (χ3n) is 2.76. The van der Waals surface area contributed by atoms with Crippen LogP contribution in [0.1, 0.15) is 17.8 Å². The van der Waals surface area contributed by atoms with Crippen molar-refractivity contribution in [3.63, 3.8) is 0 Å². The number of hydrogen-bond donors (Lipinski definition) is 2. The molecule has 7 heteroatoms. The van der Waals surface area contributed by atoms with Crippen LogP contribution in [0, 0.1) is 13.8 Å². The van der Waals surface area contributed by atoms with Gasteiger partial charge in [-0.15, -0.1) is 0 Å². The number of methoxy groups -OCH3 is 1. The van der Waals surface area contributed by atoms with Crippen molar-refractivity contribution in [3.05, 3.63) is 11.4 Å². The smallest absolute Gasteiger partial charge is 0.313 e. The largest absolute Gasteiger partial charge is 0.385 e. The fourth-order valence-electron chi connectivity index (χ4n) is 1.62. The molecule has 0 unspecified atom stereocenters. The van der Waals surface area contributed by atoms with Gasteiger partial charge in [-0.05, 0) is 20.3 Å². The standard InChI is InChI=1S/C12H20N4O3/c1-8-10(9(2)16(3)15-8)14-12(18)11(17)13-6-5-7-19-4/h5-7H2,1-4H3,(H,13,17)(H,14,18). The first kappa shape index (κ1) is 15.2. The lowest BCUT2D eigenvalue weighted by Gasteiger charge is -2.06. The summed E-state index contributed by atoms with van der Waals surface area (Å²) in [6.07, 6.45) is 0.667. The zero-order valence-corrected chi connectivity index (χ0v) is 11.7. The van der Waals surface area contributed by atoms with Crippen molar-refractivity contribution < 1.29 is 14.3 Å². The van der Waals surface area contributed by atoms with Crippen molar-refractivity contribution in [3.8, 4) is 0 Å². The molecule has 2 N–H and O–H groups in total. The van der Waals surface area contributed by atoms with E-state index in [1.54, 1.807) is 25.8 Å². The molecule has 0 spiro atoms. The molecular formula is C12H20N4O3. The maximum absolute atomic E-state index is 11.7. The number of nitrogens with zero attached hydrogens (tertiary/aromatic N) is 2. The van der Waals surface area contributed by atoms with Crippen LogP contribution in [0.25, 0.3) is 0 Å². The van der Waals surface area contributed by atoms with Gasteiger partial charge >= 0.3 is 11.8 Å². The molecule has 7 nitrogen and oxygen atoms in total. The van der Waals surface area contributed by atoms with E-state index < -0.39 is 11.8 Å². The molecule has 1 aromatic heterocycles. The molecule has 0 atom stereocenters. The molecule has 0 saturated heterocycles. The van der Waals surface area contributed by atoms with Crippen LogP contribution in [-0.2, 0) is 21.4 Å². The molecule has 0 fully saturated rings. The molecule has 0 aliphatic rings. The Bertz CT molecular complexity index is 468. The van der Waals surface area contributed by atoms with Gasteiger partial charge in [0.1, 0.15) is 0 Å². The van der Waals surface area contributed by atoms with Crippen molar-refractivity contribution in [2.75, 3.05) is 25.6 Å². The summed E-state index contributed by atoms with van der Waals surface area (Å²) < 4.78 is 6.51. The second-order valence-corrected chi connectivity index (χ2v) is 4.23. The number of ether oxygens (including phenoxy) is 1. The molecule has 0 aliphatic heterocycles. The first-order valence-corrected chi connectivity index (χ1v) is 6.05. The number of hydrogen-bond acceptors (Lipinski definition) is 4. The van der Waals surface area contributed by atoms with E-state index in [2.05, 4.69) is 15.7 Å². The van der Waals surface area contributed by atoms with E-state index in [0.29, 0.717) is 31.0 Å². The van der Waals surface area contributed by atoms with Crippen LogP contribution in [-0.4, -0.2) is 41.9 Å². The van der Waals surface area contributed by atoms with Gasteiger partial charge in [0.25, 0.3) is 0 Å². The average Bonchev–Trinajstić information content (AvgIpc) is 2.61. The SMILES string of the molecule is COCCCNC(=O)C(=O)Nc1c(C)nn(C)c1C. The highest BCUT2D eigenvalue weighted by molar-refractivity contribution is 6.39. The van der Waals surface area contributed by atoms with Crippen molar-refractivity contribution in [2.45, 2.75) is 20.3 Å². The molecule has 106 valence electrons.